The maximum absolute atomic E-state index is 5.42. The number of methoxy groups -OCH3 is 1. The van der Waals surface area contributed by atoms with Gasteiger partial charge >= 0.3 is 0 Å². The second-order valence-corrected chi connectivity index (χ2v) is 5.51. The molecule has 0 spiro atoms. The lowest BCUT2D eigenvalue weighted by atomic mass is 9.92. The summed E-state index contributed by atoms with van der Waals surface area (Å²) in [5, 5.41) is 3.45. The van der Waals surface area contributed by atoms with Gasteiger partial charge in [0.25, 0.3) is 0 Å². The van der Waals surface area contributed by atoms with Gasteiger partial charge in [-0.3, -0.25) is 0 Å². The summed E-state index contributed by atoms with van der Waals surface area (Å²) in [4.78, 5) is 2.52. The number of anilines is 1. The maximum atomic E-state index is 5.42. The van der Waals surface area contributed by atoms with E-state index >= 15 is 0 Å². The number of likely N-dealkylation sites (N-methyl/N-ethyl adjacent to an activating group) is 1. The Hall–Kier alpha value is -1.06. The van der Waals surface area contributed by atoms with Crippen LogP contribution in [0.25, 0.3) is 0 Å². The Bertz CT molecular complexity index is 394. The summed E-state index contributed by atoms with van der Waals surface area (Å²) < 4.78 is 5.42. The number of nitrogens with one attached hydrogen (secondary N) is 1. The van der Waals surface area contributed by atoms with Gasteiger partial charge in [-0.15, -0.1) is 0 Å². The fraction of sp³-hybridized carbons (Fsp3) is 0.625. The minimum atomic E-state index is 0.411. The van der Waals surface area contributed by atoms with E-state index in [1.54, 1.807) is 7.11 Å². The molecule has 1 aliphatic heterocycles. The van der Waals surface area contributed by atoms with Crippen molar-refractivity contribution < 1.29 is 4.74 Å². The third-order valence-electron chi connectivity index (χ3n) is 3.81. The predicted molar refractivity (Wildman–Crippen MR) is 80.9 cm³/mol. The number of ether oxygens (including phenoxy) is 1. The molecular formula is C16H26N2O. The van der Waals surface area contributed by atoms with Crippen molar-refractivity contribution in [2.75, 3.05) is 38.3 Å². The van der Waals surface area contributed by atoms with E-state index in [0.29, 0.717) is 12.0 Å². The molecule has 1 aromatic rings. The zero-order chi connectivity index (χ0) is 13.7. The number of benzene rings is 1. The van der Waals surface area contributed by atoms with E-state index in [-0.39, 0.29) is 0 Å². The highest BCUT2D eigenvalue weighted by atomic mass is 16.5. The van der Waals surface area contributed by atoms with Crippen molar-refractivity contribution in [3.63, 3.8) is 0 Å². The van der Waals surface area contributed by atoms with Crippen molar-refractivity contribution in [3.8, 4) is 0 Å². The molecule has 0 bridgehead atoms. The van der Waals surface area contributed by atoms with E-state index in [4.69, 9.17) is 4.74 Å². The Morgan fingerprint density at radius 1 is 1.42 bits per heavy atom. The fourth-order valence-corrected chi connectivity index (χ4v) is 2.95. The second kappa shape index (κ2) is 6.92. The number of rotatable bonds is 6. The molecule has 1 aromatic carbocycles. The van der Waals surface area contributed by atoms with Gasteiger partial charge in [-0.25, -0.2) is 0 Å². The molecule has 3 heteroatoms. The van der Waals surface area contributed by atoms with Crippen LogP contribution in [0.5, 0.6) is 0 Å². The molecule has 1 aliphatic rings. The summed E-state index contributed by atoms with van der Waals surface area (Å²) in [6.07, 6.45) is 1.19. The standard InChI is InChI=1S/C16H26N2O/c1-4-17-10-15(12-19-3)18-11-13(2)9-14-7-5-6-8-16(14)18/h5-8,13,15,17H,4,9-12H2,1-3H3. The summed E-state index contributed by atoms with van der Waals surface area (Å²) in [7, 11) is 1.79. The smallest absolute Gasteiger partial charge is 0.0678 e. The maximum Gasteiger partial charge on any atom is 0.0678 e. The molecule has 0 fully saturated rings. The van der Waals surface area contributed by atoms with Crippen molar-refractivity contribution in [2.45, 2.75) is 26.3 Å². The minimum Gasteiger partial charge on any atom is -0.383 e. The lowest BCUT2D eigenvalue weighted by Gasteiger charge is -2.40. The van der Waals surface area contributed by atoms with Crippen molar-refractivity contribution in [3.05, 3.63) is 29.8 Å². The van der Waals surface area contributed by atoms with E-state index in [1.165, 1.54) is 17.7 Å². The molecule has 0 aromatic heterocycles. The lowest BCUT2D eigenvalue weighted by Crippen LogP contribution is -2.49. The molecule has 0 saturated carbocycles. The summed E-state index contributed by atoms with van der Waals surface area (Å²) in [5.74, 6) is 0.705. The van der Waals surface area contributed by atoms with Crippen LogP contribution in [-0.2, 0) is 11.2 Å². The summed E-state index contributed by atoms with van der Waals surface area (Å²) in [6, 6.07) is 9.20. The Morgan fingerprint density at radius 3 is 2.95 bits per heavy atom. The number of para-hydroxylation sites is 1. The molecule has 1 heterocycles. The number of fused-ring (bicyclic) bond motifs is 1. The predicted octanol–water partition coefficient (Wildman–Crippen LogP) is 2.31. The molecule has 1 N–H and O–H groups in total. The van der Waals surface area contributed by atoms with Gasteiger partial charge in [-0.05, 0) is 30.5 Å². The van der Waals surface area contributed by atoms with Gasteiger partial charge in [0.15, 0.2) is 0 Å². The quantitative estimate of drug-likeness (QED) is 0.851. The van der Waals surface area contributed by atoms with Crippen LogP contribution in [0.4, 0.5) is 5.69 Å². The number of hydrogen-bond donors (Lipinski definition) is 1. The summed E-state index contributed by atoms with van der Waals surface area (Å²) in [6.45, 7) is 8.36. The Labute approximate surface area is 116 Å². The van der Waals surface area contributed by atoms with Gasteiger partial charge < -0.3 is 15.0 Å². The molecule has 0 aliphatic carbocycles. The highest BCUT2D eigenvalue weighted by molar-refractivity contribution is 5.56. The third-order valence-corrected chi connectivity index (χ3v) is 3.81. The molecule has 0 radical (unpaired) electrons. The van der Waals surface area contributed by atoms with Crippen molar-refractivity contribution in [2.24, 2.45) is 5.92 Å². The van der Waals surface area contributed by atoms with Crippen LogP contribution in [0.15, 0.2) is 24.3 Å². The first-order valence-corrected chi connectivity index (χ1v) is 7.30. The normalized spacial score (nSPS) is 20.2. The van der Waals surface area contributed by atoms with Gasteiger partial charge in [0.05, 0.1) is 12.6 Å². The van der Waals surface area contributed by atoms with Crippen LogP contribution in [0.1, 0.15) is 19.4 Å². The molecule has 3 nitrogen and oxygen atoms in total. The molecule has 19 heavy (non-hydrogen) atoms. The van der Waals surface area contributed by atoms with Crippen LogP contribution in [-0.4, -0.2) is 39.4 Å². The zero-order valence-corrected chi connectivity index (χ0v) is 12.4. The molecule has 0 amide bonds. The molecule has 0 saturated heterocycles. The van der Waals surface area contributed by atoms with Crippen LogP contribution < -0.4 is 10.2 Å². The average molecular weight is 262 g/mol. The first kappa shape index (κ1) is 14.4. The van der Waals surface area contributed by atoms with Gasteiger partial charge in [-0.1, -0.05) is 32.0 Å². The fourth-order valence-electron chi connectivity index (χ4n) is 2.95. The highest BCUT2D eigenvalue weighted by Gasteiger charge is 2.26. The van der Waals surface area contributed by atoms with Gasteiger partial charge in [0.1, 0.15) is 0 Å². The summed E-state index contributed by atoms with van der Waals surface area (Å²) in [5.41, 5.74) is 2.86. The number of hydrogen-bond acceptors (Lipinski definition) is 3. The Balaban J connectivity index is 2.21. The van der Waals surface area contributed by atoms with E-state index < -0.39 is 0 Å². The van der Waals surface area contributed by atoms with Gasteiger partial charge in [0.2, 0.25) is 0 Å². The third kappa shape index (κ3) is 3.48. The topological polar surface area (TPSA) is 24.5 Å². The Morgan fingerprint density at radius 2 is 2.21 bits per heavy atom. The van der Waals surface area contributed by atoms with E-state index in [1.807, 2.05) is 0 Å². The van der Waals surface area contributed by atoms with E-state index in [9.17, 15) is 0 Å². The second-order valence-electron chi connectivity index (χ2n) is 5.51. The average Bonchev–Trinajstić information content (AvgIpc) is 2.42. The molecule has 2 rings (SSSR count). The van der Waals surface area contributed by atoms with E-state index in [2.05, 4.69) is 48.3 Å². The van der Waals surface area contributed by atoms with Crippen LogP contribution in [0.2, 0.25) is 0 Å². The highest BCUT2D eigenvalue weighted by Crippen LogP contribution is 2.30. The van der Waals surface area contributed by atoms with E-state index in [0.717, 1.165) is 26.2 Å². The van der Waals surface area contributed by atoms with Gasteiger partial charge in [0, 0.05) is 25.9 Å². The first-order valence-electron chi connectivity index (χ1n) is 7.30. The van der Waals surface area contributed by atoms with Crippen LogP contribution >= 0.6 is 0 Å². The lowest BCUT2D eigenvalue weighted by molar-refractivity contribution is 0.173. The molecule has 2 atom stereocenters. The molecular weight excluding hydrogens is 236 g/mol. The largest absolute Gasteiger partial charge is 0.383 e. The molecule has 106 valence electrons. The monoisotopic (exact) mass is 262 g/mol. The summed E-state index contributed by atoms with van der Waals surface area (Å²) >= 11 is 0. The van der Waals surface area contributed by atoms with Gasteiger partial charge in [-0.2, -0.15) is 0 Å². The number of nitrogens with zero attached hydrogens (tertiary/aromatic N) is 1. The minimum absolute atomic E-state index is 0.411. The van der Waals surface area contributed by atoms with Crippen LogP contribution in [0.3, 0.4) is 0 Å². The SMILES string of the molecule is CCNCC(COC)N1CC(C)Cc2ccccc21. The van der Waals surface area contributed by atoms with Crippen molar-refractivity contribution in [1.82, 2.24) is 5.32 Å². The van der Waals surface area contributed by atoms with Crippen LogP contribution in [0, 0.1) is 5.92 Å². The first-order chi connectivity index (χ1) is 9.26. The molecule has 2 unspecified atom stereocenters. The zero-order valence-electron chi connectivity index (χ0n) is 12.4. The van der Waals surface area contributed by atoms with Crippen molar-refractivity contribution >= 4 is 5.69 Å². The van der Waals surface area contributed by atoms with Crippen molar-refractivity contribution in [1.29, 1.82) is 0 Å². The Kier molecular flexibility index (Phi) is 5.23.